The highest BCUT2D eigenvalue weighted by molar-refractivity contribution is 6.32. The molecule has 2 atom stereocenters. The molecule has 1 aromatic carbocycles. The van der Waals surface area contributed by atoms with Crippen molar-refractivity contribution in [1.82, 2.24) is 9.88 Å². The summed E-state index contributed by atoms with van der Waals surface area (Å²) in [5.41, 5.74) is 1.11. The highest BCUT2D eigenvalue weighted by atomic mass is 35.5. The summed E-state index contributed by atoms with van der Waals surface area (Å²) in [6.45, 7) is 4.64. The lowest BCUT2D eigenvalue weighted by Gasteiger charge is -2.35. The van der Waals surface area contributed by atoms with Gasteiger partial charge in [0.15, 0.2) is 0 Å². The number of rotatable bonds is 4. The molecule has 1 saturated heterocycles. The van der Waals surface area contributed by atoms with E-state index in [1.54, 1.807) is 35.4 Å². The summed E-state index contributed by atoms with van der Waals surface area (Å²) in [6.07, 6.45) is 2.83. The van der Waals surface area contributed by atoms with Crippen molar-refractivity contribution < 1.29 is 14.3 Å². The van der Waals surface area contributed by atoms with Gasteiger partial charge < -0.3 is 15.0 Å². The maximum absolute atomic E-state index is 13.2. The summed E-state index contributed by atoms with van der Waals surface area (Å²) in [5, 5.41) is 3.00. The van der Waals surface area contributed by atoms with Gasteiger partial charge >= 0.3 is 0 Å². The third kappa shape index (κ3) is 4.97. The van der Waals surface area contributed by atoms with E-state index in [0.29, 0.717) is 24.3 Å². The molecule has 0 spiro atoms. The van der Waals surface area contributed by atoms with Crippen LogP contribution < -0.4 is 5.32 Å². The molecule has 1 fully saturated rings. The number of carbonyl (C=O) groups excluding carboxylic acids is 2. The Morgan fingerprint density at radius 1 is 1.14 bits per heavy atom. The van der Waals surface area contributed by atoms with Crippen molar-refractivity contribution in [3.8, 4) is 0 Å². The molecule has 2 unspecified atom stereocenters. The minimum atomic E-state index is -0.497. The molecule has 0 radical (unpaired) electrons. The predicted molar refractivity (Wildman–Crippen MR) is 109 cm³/mol. The Kier molecular flexibility index (Phi) is 6.44. The van der Waals surface area contributed by atoms with E-state index in [4.69, 9.17) is 16.3 Å². The molecule has 0 saturated carbocycles. The Bertz CT molecular complexity index is 875. The van der Waals surface area contributed by atoms with Crippen molar-refractivity contribution in [2.24, 2.45) is 0 Å². The predicted octanol–water partition coefficient (Wildman–Crippen LogP) is 3.39. The molecule has 6 nitrogen and oxygen atoms in total. The zero-order valence-electron chi connectivity index (χ0n) is 15.8. The second kappa shape index (κ2) is 8.99. The van der Waals surface area contributed by atoms with E-state index in [-0.39, 0.29) is 28.8 Å². The Morgan fingerprint density at radius 2 is 1.82 bits per heavy atom. The molecule has 2 heterocycles. The van der Waals surface area contributed by atoms with Gasteiger partial charge in [0.25, 0.3) is 11.8 Å². The quantitative estimate of drug-likeness (QED) is 0.370. The molecule has 3 rings (SSSR count). The van der Waals surface area contributed by atoms with Crippen molar-refractivity contribution >= 4 is 35.2 Å². The number of benzene rings is 1. The molecule has 1 aliphatic heterocycles. The van der Waals surface area contributed by atoms with Crippen molar-refractivity contribution in [2.75, 3.05) is 18.4 Å². The molecule has 7 heteroatoms. The van der Waals surface area contributed by atoms with Crippen molar-refractivity contribution in [3.63, 3.8) is 0 Å². The van der Waals surface area contributed by atoms with Gasteiger partial charge in [0.2, 0.25) is 0 Å². The molecule has 1 N–H and O–H groups in total. The standard InChI is InChI=1S/C21H22ClN3O3/c1-14-12-25(13-15(2)28-14)21(27)18(11-16-7-6-10-23-19(16)22)20(26)24-17-8-4-3-5-9-17/h3-11,14-15H,12-13H2,1-2H3,(H,24,26)/b18-11+. The Hall–Kier alpha value is -2.70. The summed E-state index contributed by atoms with van der Waals surface area (Å²) >= 11 is 6.14. The van der Waals surface area contributed by atoms with Crippen LogP contribution in [0.4, 0.5) is 5.69 Å². The maximum atomic E-state index is 13.2. The zero-order valence-corrected chi connectivity index (χ0v) is 16.5. The van der Waals surface area contributed by atoms with E-state index in [2.05, 4.69) is 10.3 Å². The van der Waals surface area contributed by atoms with Crippen LogP contribution in [-0.2, 0) is 14.3 Å². The highest BCUT2D eigenvalue weighted by Crippen LogP contribution is 2.20. The number of amides is 2. The topological polar surface area (TPSA) is 71.5 Å². The number of nitrogens with one attached hydrogen (secondary N) is 1. The number of para-hydroxylation sites is 1. The molecule has 146 valence electrons. The average molecular weight is 400 g/mol. The SMILES string of the molecule is CC1CN(C(=O)/C(=C/c2cccnc2Cl)C(=O)Nc2ccccc2)CC(C)O1. The van der Waals surface area contributed by atoms with Crippen LogP contribution in [-0.4, -0.2) is 47.0 Å². The van der Waals surface area contributed by atoms with E-state index in [1.165, 1.54) is 6.08 Å². The van der Waals surface area contributed by atoms with Crippen LogP contribution >= 0.6 is 11.6 Å². The maximum Gasteiger partial charge on any atom is 0.261 e. The largest absolute Gasteiger partial charge is 0.372 e. The lowest BCUT2D eigenvalue weighted by Crippen LogP contribution is -2.49. The zero-order chi connectivity index (χ0) is 20.1. The second-order valence-electron chi connectivity index (χ2n) is 6.73. The molecule has 28 heavy (non-hydrogen) atoms. The number of pyridine rings is 1. The van der Waals surface area contributed by atoms with Crippen LogP contribution in [0.5, 0.6) is 0 Å². The van der Waals surface area contributed by atoms with Gasteiger partial charge in [-0.1, -0.05) is 35.9 Å². The molecule has 1 aliphatic rings. The fourth-order valence-electron chi connectivity index (χ4n) is 3.12. The van der Waals surface area contributed by atoms with Crippen LogP contribution in [0.2, 0.25) is 5.15 Å². The van der Waals surface area contributed by atoms with E-state index in [0.717, 1.165) is 0 Å². The minimum absolute atomic E-state index is 0.0000491. The first-order valence-electron chi connectivity index (χ1n) is 9.07. The molecule has 0 bridgehead atoms. The normalized spacial score (nSPS) is 20.0. The first-order valence-corrected chi connectivity index (χ1v) is 9.45. The van der Waals surface area contributed by atoms with E-state index < -0.39 is 5.91 Å². The fourth-order valence-corrected chi connectivity index (χ4v) is 3.29. The number of nitrogens with zero attached hydrogens (tertiary/aromatic N) is 2. The van der Waals surface area contributed by atoms with Crippen molar-refractivity contribution in [2.45, 2.75) is 26.1 Å². The molecule has 0 aliphatic carbocycles. The summed E-state index contributed by atoms with van der Waals surface area (Å²) in [4.78, 5) is 31.8. The van der Waals surface area contributed by atoms with Gasteiger partial charge in [-0.25, -0.2) is 4.98 Å². The first kappa shape index (κ1) is 20.0. The lowest BCUT2D eigenvalue weighted by molar-refractivity contribution is -0.140. The minimum Gasteiger partial charge on any atom is -0.372 e. The molecular weight excluding hydrogens is 378 g/mol. The van der Waals surface area contributed by atoms with Gasteiger partial charge in [0, 0.05) is 30.5 Å². The second-order valence-corrected chi connectivity index (χ2v) is 7.09. The van der Waals surface area contributed by atoms with Crippen molar-refractivity contribution in [3.05, 3.63) is 65.0 Å². The van der Waals surface area contributed by atoms with Gasteiger partial charge in [-0.2, -0.15) is 0 Å². The molecular formula is C21H22ClN3O3. The molecule has 2 aromatic rings. The number of hydrogen-bond donors (Lipinski definition) is 1. The number of anilines is 1. The Morgan fingerprint density at radius 3 is 2.46 bits per heavy atom. The third-order valence-corrected chi connectivity index (χ3v) is 4.62. The highest BCUT2D eigenvalue weighted by Gasteiger charge is 2.30. The van der Waals surface area contributed by atoms with Gasteiger partial charge in [0.1, 0.15) is 10.7 Å². The van der Waals surface area contributed by atoms with Gasteiger partial charge in [-0.15, -0.1) is 0 Å². The van der Waals surface area contributed by atoms with Gasteiger partial charge in [0.05, 0.1) is 12.2 Å². The van der Waals surface area contributed by atoms with Crippen LogP contribution in [0.15, 0.2) is 54.2 Å². The fraction of sp³-hybridized carbons (Fsp3) is 0.286. The summed E-state index contributed by atoms with van der Waals surface area (Å²) in [5.74, 6) is -0.863. The molecule has 1 aromatic heterocycles. The smallest absolute Gasteiger partial charge is 0.261 e. The van der Waals surface area contributed by atoms with E-state index >= 15 is 0 Å². The number of aromatic nitrogens is 1. The van der Waals surface area contributed by atoms with Crippen LogP contribution in [0.25, 0.3) is 6.08 Å². The van der Waals surface area contributed by atoms with Gasteiger partial charge in [-0.05, 0) is 38.1 Å². The Labute approximate surface area is 169 Å². The third-order valence-electron chi connectivity index (χ3n) is 4.30. The number of morpholine rings is 1. The van der Waals surface area contributed by atoms with Crippen LogP contribution in [0.3, 0.4) is 0 Å². The van der Waals surface area contributed by atoms with E-state index in [9.17, 15) is 9.59 Å². The monoisotopic (exact) mass is 399 g/mol. The van der Waals surface area contributed by atoms with Crippen LogP contribution in [0.1, 0.15) is 19.4 Å². The average Bonchev–Trinajstić information content (AvgIpc) is 2.67. The van der Waals surface area contributed by atoms with E-state index in [1.807, 2.05) is 32.0 Å². The summed E-state index contributed by atoms with van der Waals surface area (Å²) in [6, 6.07) is 12.4. The number of ether oxygens (including phenoxy) is 1. The van der Waals surface area contributed by atoms with Crippen LogP contribution in [0, 0.1) is 0 Å². The summed E-state index contributed by atoms with van der Waals surface area (Å²) in [7, 11) is 0. The molecule has 2 amide bonds. The Balaban J connectivity index is 1.93. The lowest BCUT2D eigenvalue weighted by atomic mass is 10.1. The number of hydrogen-bond acceptors (Lipinski definition) is 4. The van der Waals surface area contributed by atoms with Crippen molar-refractivity contribution in [1.29, 1.82) is 0 Å². The first-order chi connectivity index (χ1) is 13.4. The number of halogens is 1. The summed E-state index contributed by atoms with van der Waals surface area (Å²) < 4.78 is 5.69. The number of carbonyl (C=O) groups is 2. The van der Waals surface area contributed by atoms with Gasteiger partial charge in [-0.3, -0.25) is 9.59 Å².